The Kier molecular flexibility index (Phi) is 7.19. The van der Waals surface area contributed by atoms with Crippen molar-refractivity contribution in [3.8, 4) is 0 Å². The molecule has 0 saturated heterocycles. The van der Waals surface area contributed by atoms with Gasteiger partial charge in [-0.05, 0) is 63.4 Å². The van der Waals surface area contributed by atoms with Gasteiger partial charge in [0.1, 0.15) is 0 Å². The molecule has 140 valence electrons. The Bertz CT molecular complexity index is 914. The topological polar surface area (TPSA) is 0 Å². The van der Waals surface area contributed by atoms with Crippen molar-refractivity contribution in [2.45, 2.75) is 34.6 Å². The lowest BCUT2D eigenvalue weighted by Gasteiger charge is -2.21. The quantitative estimate of drug-likeness (QED) is 0.437. The van der Waals surface area contributed by atoms with E-state index in [0.717, 1.165) is 11.1 Å². The van der Waals surface area contributed by atoms with Crippen LogP contribution in [0.15, 0.2) is 73.4 Å². The van der Waals surface area contributed by atoms with Crippen molar-refractivity contribution >= 4 is 28.5 Å². The molecule has 0 fully saturated rings. The molecule has 0 aliphatic heterocycles. The van der Waals surface area contributed by atoms with Crippen molar-refractivity contribution in [2.75, 3.05) is 0 Å². The van der Waals surface area contributed by atoms with E-state index in [0.29, 0.717) is 11.8 Å². The molecule has 0 nitrogen and oxygen atoms in total. The van der Waals surface area contributed by atoms with Gasteiger partial charge in [0.15, 0.2) is 0 Å². The van der Waals surface area contributed by atoms with Crippen LogP contribution in [0.25, 0.3) is 28.5 Å². The predicted molar refractivity (Wildman–Crippen MR) is 125 cm³/mol. The molecule has 0 spiro atoms. The van der Waals surface area contributed by atoms with Gasteiger partial charge in [-0.25, -0.2) is 0 Å². The Morgan fingerprint density at radius 1 is 0.963 bits per heavy atom. The first-order valence-electron chi connectivity index (χ1n) is 9.80. The van der Waals surface area contributed by atoms with Gasteiger partial charge in [0.2, 0.25) is 0 Å². The second kappa shape index (κ2) is 9.37. The van der Waals surface area contributed by atoms with E-state index in [1.54, 1.807) is 0 Å². The molecule has 0 amide bonds. The van der Waals surface area contributed by atoms with Gasteiger partial charge < -0.3 is 0 Å². The van der Waals surface area contributed by atoms with Gasteiger partial charge >= 0.3 is 0 Å². The van der Waals surface area contributed by atoms with Crippen LogP contribution in [0.5, 0.6) is 0 Å². The zero-order valence-electron chi connectivity index (χ0n) is 17.4. The van der Waals surface area contributed by atoms with Crippen molar-refractivity contribution in [1.82, 2.24) is 0 Å². The molecule has 0 unspecified atom stereocenters. The maximum Gasteiger partial charge on any atom is -0.00995 e. The molecule has 0 heteroatoms. The van der Waals surface area contributed by atoms with Crippen LogP contribution >= 0.6 is 0 Å². The smallest absolute Gasteiger partial charge is 0.00995 e. The van der Waals surface area contributed by atoms with Gasteiger partial charge in [-0.3, -0.25) is 0 Å². The van der Waals surface area contributed by atoms with Crippen LogP contribution < -0.4 is 0 Å². The number of allylic oxidation sites excluding steroid dienone is 6. The third kappa shape index (κ3) is 4.57. The average molecular weight is 357 g/mol. The highest BCUT2D eigenvalue weighted by Crippen LogP contribution is 2.37. The minimum Gasteiger partial charge on any atom is -0.0984 e. The van der Waals surface area contributed by atoms with Gasteiger partial charge in [0.05, 0.1) is 0 Å². The summed E-state index contributed by atoms with van der Waals surface area (Å²) in [5.41, 5.74) is 6.18. The maximum atomic E-state index is 4.13. The lowest BCUT2D eigenvalue weighted by Crippen LogP contribution is -2.03. The van der Waals surface area contributed by atoms with E-state index in [1.165, 1.54) is 27.5 Å². The monoisotopic (exact) mass is 356 g/mol. The zero-order valence-corrected chi connectivity index (χ0v) is 17.4. The van der Waals surface area contributed by atoms with Gasteiger partial charge in [-0.1, -0.05) is 102 Å². The van der Waals surface area contributed by atoms with Crippen molar-refractivity contribution in [3.63, 3.8) is 0 Å². The summed E-state index contributed by atoms with van der Waals surface area (Å²) in [5.74, 6) is 0.867. The highest BCUT2D eigenvalue weighted by Gasteiger charge is 2.17. The van der Waals surface area contributed by atoms with E-state index in [9.17, 15) is 0 Å². The Morgan fingerprint density at radius 2 is 1.63 bits per heavy atom. The zero-order chi connectivity index (χ0) is 20.0. The standard InChI is InChI=1S/C27H32/c1-8-11-15-24(20(6)7)26(17-19(4)5)27-18-21-14-12-13-16-25(21)22(9-2)23(27)10-3/h8-20H,2-3H2,1,4-7H3/b11-8-,24-15+,26-17+. The van der Waals surface area contributed by atoms with Crippen LogP contribution in [-0.4, -0.2) is 0 Å². The molecule has 0 bridgehead atoms. The first-order valence-corrected chi connectivity index (χ1v) is 9.80. The fourth-order valence-electron chi connectivity index (χ4n) is 3.52. The third-order valence-corrected chi connectivity index (χ3v) is 4.73. The first-order chi connectivity index (χ1) is 12.9. The predicted octanol–water partition coefficient (Wildman–Crippen LogP) is 8.32. The van der Waals surface area contributed by atoms with Gasteiger partial charge in [-0.15, -0.1) is 0 Å². The van der Waals surface area contributed by atoms with E-state index in [-0.39, 0.29) is 0 Å². The van der Waals surface area contributed by atoms with Gasteiger partial charge in [0, 0.05) is 0 Å². The Hall–Kier alpha value is -2.60. The molecule has 0 atom stereocenters. The highest BCUT2D eigenvalue weighted by molar-refractivity contribution is 6.00. The normalized spacial score (nSPS) is 13.1. The third-order valence-electron chi connectivity index (χ3n) is 4.73. The fourth-order valence-corrected chi connectivity index (χ4v) is 3.52. The molecule has 0 heterocycles. The molecule has 0 radical (unpaired) electrons. The molecule has 2 aromatic rings. The van der Waals surface area contributed by atoms with Crippen LogP contribution in [-0.2, 0) is 0 Å². The van der Waals surface area contributed by atoms with Crippen molar-refractivity contribution < 1.29 is 0 Å². The molecule has 0 aliphatic rings. The molecular weight excluding hydrogens is 324 g/mol. The lowest BCUT2D eigenvalue weighted by atomic mass is 9.83. The number of hydrogen-bond donors (Lipinski definition) is 0. The van der Waals surface area contributed by atoms with Crippen molar-refractivity contribution in [3.05, 3.63) is 90.1 Å². The summed E-state index contributed by atoms with van der Waals surface area (Å²) in [7, 11) is 0. The molecule has 27 heavy (non-hydrogen) atoms. The van der Waals surface area contributed by atoms with Crippen LogP contribution in [0, 0.1) is 11.8 Å². The Morgan fingerprint density at radius 3 is 2.19 bits per heavy atom. The summed E-state index contributed by atoms with van der Waals surface area (Å²) in [6.45, 7) is 19.2. The molecule has 2 rings (SSSR count). The van der Waals surface area contributed by atoms with E-state index in [1.807, 2.05) is 12.2 Å². The average Bonchev–Trinajstić information content (AvgIpc) is 2.65. The van der Waals surface area contributed by atoms with Crippen molar-refractivity contribution in [2.24, 2.45) is 11.8 Å². The van der Waals surface area contributed by atoms with E-state index >= 15 is 0 Å². The van der Waals surface area contributed by atoms with Crippen LogP contribution in [0.1, 0.15) is 51.3 Å². The Balaban J connectivity index is 2.93. The summed E-state index contributed by atoms with van der Waals surface area (Å²) in [4.78, 5) is 0. The highest BCUT2D eigenvalue weighted by atomic mass is 14.2. The lowest BCUT2D eigenvalue weighted by molar-refractivity contribution is 0.787. The first kappa shape index (κ1) is 20.7. The molecule has 2 aromatic carbocycles. The Labute approximate surface area is 165 Å². The molecule has 0 aromatic heterocycles. The second-order valence-corrected chi connectivity index (χ2v) is 7.51. The number of fused-ring (bicyclic) bond motifs is 1. The van der Waals surface area contributed by atoms with Crippen molar-refractivity contribution in [1.29, 1.82) is 0 Å². The number of hydrogen-bond acceptors (Lipinski definition) is 0. The van der Waals surface area contributed by atoms with E-state index < -0.39 is 0 Å². The minimum absolute atomic E-state index is 0.419. The minimum atomic E-state index is 0.419. The molecule has 0 N–H and O–H groups in total. The molecule has 0 aliphatic carbocycles. The van der Waals surface area contributed by atoms with Gasteiger partial charge in [-0.2, -0.15) is 0 Å². The van der Waals surface area contributed by atoms with E-state index in [4.69, 9.17) is 0 Å². The summed E-state index contributed by atoms with van der Waals surface area (Å²) in [5, 5.41) is 2.45. The molecule has 0 saturated carbocycles. The van der Waals surface area contributed by atoms with Crippen LogP contribution in [0.3, 0.4) is 0 Å². The number of rotatable bonds is 7. The van der Waals surface area contributed by atoms with Crippen LogP contribution in [0.2, 0.25) is 0 Å². The summed E-state index contributed by atoms with van der Waals surface area (Å²) in [6.07, 6.45) is 12.8. The summed E-state index contributed by atoms with van der Waals surface area (Å²) in [6, 6.07) is 10.8. The summed E-state index contributed by atoms with van der Waals surface area (Å²) < 4.78 is 0. The molecular formula is C27H32. The van der Waals surface area contributed by atoms with Gasteiger partial charge in [0.25, 0.3) is 0 Å². The SMILES string of the molecule is C=Cc1c(C(=C/C(C)C)/C(=C/C=C\C)C(C)C)cc2ccccc2c1C=C. The van der Waals surface area contributed by atoms with E-state index in [2.05, 4.69) is 102 Å². The number of benzene rings is 2. The largest absolute Gasteiger partial charge is 0.0984 e. The fraction of sp³-hybridized carbons (Fsp3) is 0.259. The summed E-state index contributed by atoms with van der Waals surface area (Å²) >= 11 is 0. The maximum absolute atomic E-state index is 4.13. The second-order valence-electron chi connectivity index (χ2n) is 7.51. The van der Waals surface area contributed by atoms with Crippen LogP contribution in [0.4, 0.5) is 0 Å².